The van der Waals surface area contributed by atoms with Crippen molar-refractivity contribution in [1.29, 1.82) is 0 Å². The van der Waals surface area contributed by atoms with Gasteiger partial charge in [-0.2, -0.15) is 8.78 Å². The highest BCUT2D eigenvalue weighted by molar-refractivity contribution is 9.09. The molecule has 0 aromatic heterocycles. The summed E-state index contributed by atoms with van der Waals surface area (Å²) in [4.78, 5) is 12.1. The van der Waals surface area contributed by atoms with Gasteiger partial charge in [0.1, 0.15) is 5.75 Å². The average molecular weight is 350 g/mol. The van der Waals surface area contributed by atoms with E-state index in [1.165, 1.54) is 18.2 Å². The predicted octanol–water partition coefficient (Wildman–Crippen LogP) is 3.83. The summed E-state index contributed by atoms with van der Waals surface area (Å²) < 4.78 is 28.6. The number of amides is 1. The fourth-order valence-corrected chi connectivity index (χ4v) is 2.25. The second kappa shape index (κ2) is 8.19. The highest BCUT2D eigenvalue weighted by Crippen LogP contribution is 2.17. The summed E-state index contributed by atoms with van der Waals surface area (Å²) in [5, 5.41) is 3.68. The fraction of sp³-hybridized carbons (Fsp3) is 0.500. The highest BCUT2D eigenvalue weighted by Gasteiger charge is 2.17. The van der Waals surface area contributed by atoms with Gasteiger partial charge in [0.2, 0.25) is 0 Å². The summed E-state index contributed by atoms with van der Waals surface area (Å²) in [5.74, 6) is -0.0180. The SMILES string of the molecule is CC(C)C(CCBr)NC(=O)c1cccc(OC(F)F)c1. The van der Waals surface area contributed by atoms with E-state index >= 15 is 0 Å². The standard InChI is InChI=1S/C14H18BrF2NO2/c1-9(2)12(6-7-15)18-13(19)10-4-3-5-11(8-10)20-14(16)17/h3-5,8-9,12,14H,6-7H2,1-2H3,(H,18,19). The molecule has 0 aliphatic rings. The summed E-state index contributed by atoms with van der Waals surface area (Å²) in [6.07, 6.45) is 0.802. The minimum Gasteiger partial charge on any atom is -0.435 e. The Balaban J connectivity index is 2.75. The molecule has 1 aromatic rings. The Morgan fingerprint density at radius 2 is 2.10 bits per heavy atom. The average Bonchev–Trinajstić information content (AvgIpc) is 2.37. The summed E-state index contributed by atoms with van der Waals surface area (Å²) in [7, 11) is 0. The molecule has 0 saturated heterocycles. The van der Waals surface area contributed by atoms with Gasteiger partial charge in [0.25, 0.3) is 5.91 Å². The van der Waals surface area contributed by atoms with Crippen molar-refractivity contribution in [3.8, 4) is 5.75 Å². The first kappa shape index (κ1) is 16.9. The molecule has 6 heteroatoms. The first-order valence-corrected chi connectivity index (χ1v) is 7.48. The van der Waals surface area contributed by atoms with Crippen molar-refractivity contribution in [1.82, 2.24) is 5.32 Å². The van der Waals surface area contributed by atoms with Gasteiger partial charge in [0.15, 0.2) is 0 Å². The van der Waals surface area contributed by atoms with Crippen molar-refractivity contribution in [3.63, 3.8) is 0 Å². The van der Waals surface area contributed by atoms with Gasteiger partial charge >= 0.3 is 6.61 Å². The third kappa shape index (κ3) is 5.45. The molecule has 0 spiro atoms. The van der Waals surface area contributed by atoms with Crippen LogP contribution >= 0.6 is 15.9 Å². The van der Waals surface area contributed by atoms with E-state index in [-0.39, 0.29) is 23.6 Å². The number of alkyl halides is 3. The van der Waals surface area contributed by atoms with Gasteiger partial charge in [-0.1, -0.05) is 35.8 Å². The Hall–Kier alpha value is -1.17. The molecule has 0 radical (unpaired) electrons. The number of halogens is 3. The molecule has 1 atom stereocenters. The van der Waals surface area contributed by atoms with Crippen LogP contribution in [0.1, 0.15) is 30.6 Å². The lowest BCUT2D eigenvalue weighted by Gasteiger charge is -2.21. The quantitative estimate of drug-likeness (QED) is 0.759. The number of hydrogen-bond acceptors (Lipinski definition) is 2. The Bertz CT molecular complexity index is 441. The maximum absolute atomic E-state index is 12.1. The van der Waals surface area contributed by atoms with Crippen molar-refractivity contribution >= 4 is 21.8 Å². The molecule has 0 fully saturated rings. The molecule has 112 valence electrons. The van der Waals surface area contributed by atoms with Crippen LogP contribution in [0.3, 0.4) is 0 Å². The summed E-state index contributed by atoms with van der Waals surface area (Å²) in [6.45, 7) is 1.14. The van der Waals surface area contributed by atoms with Gasteiger partial charge in [0.05, 0.1) is 0 Å². The smallest absolute Gasteiger partial charge is 0.387 e. The number of carbonyl (C=O) groups excluding carboxylic acids is 1. The van der Waals surface area contributed by atoms with Crippen LogP contribution < -0.4 is 10.1 Å². The normalized spacial score (nSPS) is 12.6. The Labute approximate surface area is 125 Å². The Morgan fingerprint density at radius 1 is 1.40 bits per heavy atom. The van der Waals surface area contributed by atoms with Crippen LogP contribution in [0.4, 0.5) is 8.78 Å². The second-order valence-corrected chi connectivity index (χ2v) is 5.50. The fourth-order valence-electron chi connectivity index (χ4n) is 1.75. The van der Waals surface area contributed by atoms with Crippen LogP contribution in [-0.4, -0.2) is 23.9 Å². The third-order valence-electron chi connectivity index (χ3n) is 2.86. The zero-order valence-electron chi connectivity index (χ0n) is 11.4. The van der Waals surface area contributed by atoms with Crippen molar-refractivity contribution in [3.05, 3.63) is 29.8 Å². The Morgan fingerprint density at radius 3 is 2.65 bits per heavy atom. The van der Waals surface area contributed by atoms with Crippen LogP contribution in [0.15, 0.2) is 24.3 Å². The minimum atomic E-state index is -2.90. The summed E-state index contributed by atoms with van der Waals surface area (Å²) in [5.41, 5.74) is 0.309. The molecule has 0 heterocycles. The first-order valence-electron chi connectivity index (χ1n) is 6.35. The molecule has 1 aromatic carbocycles. The van der Waals surface area contributed by atoms with Crippen molar-refractivity contribution in [2.45, 2.75) is 32.9 Å². The lowest BCUT2D eigenvalue weighted by molar-refractivity contribution is -0.0498. The molecule has 1 amide bonds. The lowest BCUT2D eigenvalue weighted by Crippen LogP contribution is -2.38. The van der Waals surface area contributed by atoms with Crippen molar-refractivity contribution in [2.24, 2.45) is 5.92 Å². The lowest BCUT2D eigenvalue weighted by atomic mass is 10.0. The minimum absolute atomic E-state index is 0.0192. The number of carbonyl (C=O) groups is 1. The van der Waals surface area contributed by atoms with Crippen LogP contribution in [0.25, 0.3) is 0 Å². The highest BCUT2D eigenvalue weighted by atomic mass is 79.9. The predicted molar refractivity (Wildman–Crippen MR) is 77.6 cm³/mol. The van der Waals surface area contributed by atoms with Crippen LogP contribution in [0.5, 0.6) is 5.75 Å². The molecule has 1 N–H and O–H groups in total. The van der Waals surface area contributed by atoms with Crippen LogP contribution in [-0.2, 0) is 0 Å². The van der Waals surface area contributed by atoms with Crippen molar-refractivity contribution < 1.29 is 18.3 Å². The molecule has 20 heavy (non-hydrogen) atoms. The zero-order chi connectivity index (χ0) is 15.1. The van der Waals surface area contributed by atoms with E-state index < -0.39 is 6.61 Å². The number of rotatable bonds is 7. The van der Waals surface area contributed by atoms with Crippen LogP contribution in [0.2, 0.25) is 0 Å². The van der Waals surface area contributed by atoms with E-state index in [2.05, 4.69) is 26.0 Å². The zero-order valence-corrected chi connectivity index (χ0v) is 13.0. The maximum atomic E-state index is 12.1. The van der Waals surface area contributed by atoms with E-state index in [0.717, 1.165) is 11.8 Å². The molecule has 0 aliphatic carbocycles. The molecular weight excluding hydrogens is 332 g/mol. The number of ether oxygens (including phenoxy) is 1. The largest absolute Gasteiger partial charge is 0.435 e. The third-order valence-corrected chi connectivity index (χ3v) is 3.32. The van der Waals surface area contributed by atoms with E-state index in [4.69, 9.17) is 0 Å². The molecule has 0 aliphatic heterocycles. The van der Waals surface area contributed by atoms with Crippen molar-refractivity contribution in [2.75, 3.05) is 5.33 Å². The van der Waals surface area contributed by atoms with Gasteiger partial charge in [0, 0.05) is 16.9 Å². The van der Waals surface area contributed by atoms with E-state index in [1.807, 2.05) is 13.8 Å². The molecule has 0 bridgehead atoms. The van der Waals surface area contributed by atoms with E-state index in [1.54, 1.807) is 6.07 Å². The molecule has 1 rings (SSSR count). The van der Waals surface area contributed by atoms with E-state index in [9.17, 15) is 13.6 Å². The maximum Gasteiger partial charge on any atom is 0.387 e. The number of hydrogen-bond donors (Lipinski definition) is 1. The van der Waals surface area contributed by atoms with Gasteiger partial charge < -0.3 is 10.1 Å². The van der Waals surface area contributed by atoms with E-state index in [0.29, 0.717) is 5.56 Å². The molecule has 0 saturated carbocycles. The first-order chi connectivity index (χ1) is 9.43. The number of nitrogens with one attached hydrogen (secondary N) is 1. The van der Waals surface area contributed by atoms with Gasteiger partial charge in [-0.15, -0.1) is 0 Å². The summed E-state index contributed by atoms with van der Waals surface area (Å²) in [6, 6.07) is 5.82. The number of benzene rings is 1. The van der Waals surface area contributed by atoms with Crippen LogP contribution in [0, 0.1) is 5.92 Å². The van der Waals surface area contributed by atoms with Gasteiger partial charge in [-0.05, 0) is 30.5 Å². The molecule has 3 nitrogen and oxygen atoms in total. The topological polar surface area (TPSA) is 38.3 Å². The van der Waals surface area contributed by atoms with Gasteiger partial charge in [-0.25, -0.2) is 0 Å². The molecular formula is C14H18BrF2NO2. The summed E-state index contributed by atoms with van der Waals surface area (Å²) >= 11 is 3.35. The second-order valence-electron chi connectivity index (χ2n) is 4.71. The van der Waals surface area contributed by atoms with Gasteiger partial charge in [-0.3, -0.25) is 4.79 Å². The Kier molecular flexibility index (Phi) is 6.91. The molecule has 1 unspecified atom stereocenters. The monoisotopic (exact) mass is 349 g/mol.